The first kappa shape index (κ1) is 21.0. The van der Waals surface area contributed by atoms with Crippen LogP contribution in [0.15, 0.2) is 41.3 Å². The quantitative estimate of drug-likeness (QED) is 0.730. The molecule has 0 bridgehead atoms. The van der Waals surface area contributed by atoms with Gasteiger partial charge in [-0.3, -0.25) is 14.5 Å². The summed E-state index contributed by atoms with van der Waals surface area (Å²) in [6.45, 7) is 7.06. The largest absolute Gasteiger partial charge is 0.353 e. The van der Waals surface area contributed by atoms with E-state index in [1.54, 1.807) is 0 Å². The highest BCUT2D eigenvalue weighted by Gasteiger charge is 2.22. The minimum atomic E-state index is 0.0400. The Morgan fingerprint density at radius 3 is 2.46 bits per heavy atom. The number of amides is 2. The van der Waals surface area contributed by atoms with Gasteiger partial charge in [0.15, 0.2) is 0 Å². The average molecular weight is 420 g/mol. The van der Waals surface area contributed by atoms with Crippen molar-refractivity contribution >= 4 is 45.9 Å². The highest BCUT2D eigenvalue weighted by Crippen LogP contribution is 2.33. The minimum absolute atomic E-state index is 0.0400. The Morgan fingerprint density at radius 2 is 1.79 bits per heavy atom. The standard InChI is InChI=1S/C21H26ClN3O2S/c1-15(2)23-19(26)13-24-9-11-25(12-10-24)20(27)14-28-18-8-4-6-16-5-3-7-17(22)21(16)18/h3-8,15H,9-14H2,1-2H3,(H,23,26). The first-order chi connectivity index (χ1) is 13.4. The van der Waals surface area contributed by atoms with Crippen molar-refractivity contribution in [3.05, 3.63) is 41.4 Å². The van der Waals surface area contributed by atoms with Crippen LogP contribution in [-0.2, 0) is 9.59 Å². The number of fused-ring (bicyclic) bond motifs is 1. The fraction of sp³-hybridized carbons (Fsp3) is 0.429. The van der Waals surface area contributed by atoms with Crippen LogP contribution in [0.3, 0.4) is 0 Å². The van der Waals surface area contributed by atoms with Gasteiger partial charge in [-0.25, -0.2) is 0 Å². The molecule has 1 heterocycles. The molecular weight excluding hydrogens is 394 g/mol. The SMILES string of the molecule is CC(C)NC(=O)CN1CCN(C(=O)CSc2cccc3cccc(Cl)c23)CC1. The Bertz CT molecular complexity index is 845. The van der Waals surface area contributed by atoms with E-state index in [4.69, 9.17) is 11.6 Å². The highest BCUT2D eigenvalue weighted by atomic mass is 35.5. The number of nitrogens with one attached hydrogen (secondary N) is 1. The molecule has 0 radical (unpaired) electrons. The Kier molecular flexibility index (Phi) is 7.21. The van der Waals surface area contributed by atoms with Crippen molar-refractivity contribution in [3.63, 3.8) is 0 Å². The van der Waals surface area contributed by atoms with Crippen LogP contribution in [0.5, 0.6) is 0 Å². The normalized spacial score (nSPS) is 15.2. The summed E-state index contributed by atoms with van der Waals surface area (Å²) in [5.74, 6) is 0.552. The third kappa shape index (κ3) is 5.40. The van der Waals surface area contributed by atoms with Crippen molar-refractivity contribution < 1.29 is 9.59 Å². The number of hydrogen-bond donors (Lipinski definition) is 1. The van der Waals surface area contributed by atoms with Gasteiger partial charge < -0.3 is 10.2 Å². The Balaban J connectivity index is 1.51. The second kappa shape index (κ2) is 9.63. The summed E-state index contributed by atoms with van der Waals surface area (Å²) in [6.07, 6.45) is 0. The minimum Gasteiger partial charge on any atom is -0.353 e. The Labute approximate surface area is 175 Å². The van der Waals surface area contributed by atoms with Gasteiger partial charge in [-0.15, -0.1) is 11.8 Å². The third-order valence-electron chi connectivity index (χ3n) is 4.71. The van der Waals surface area contributed by atoms with E-state index in [1.807, 2.05) is 55.1 Å². The molecule has 0 aromatic heterocycles. The van der Waals surface area contributed by atoms with E-state index >= 15 is 0 Å². The van der Waals surface area contributed by atoms with Gasteiger partial charge in [0, 0.05) is 47.5 Å². The average Bonchev–Trinajstić information content (AvgIpc) is 2.66. The maximum atomic E-state index is 12.6. The molecule has 0 atom stereocenters. The summed E-state index contributed by atoms with van der Waals surface area (Å²) in [5, 5.41) is 5.70. The number of nitrogens with zero attached hydrogens (tertiary/aromatic N) is 2. The molecule has 2 amide bonds. The van der Waals surface area contributed by atoms with Gasteiger partial charge >= 0.3 is 0 Å². The van der Waals surface area contributed by atoms with E-state index in [9.17, 15) is 9.59 Å². The van der Waals surface area contributed by atoms with Crippen molar-refractivity contribution in [1.29, 1.82) is 0 Å². The summed E-state index contributed by atoms with van der Waals surface area (Å²) < 4.78 is 0. The molecule has 7 heteroatoms. The number of hydrogen-bond acceptors (Lipinski definition) is 4. The number of carbonyl (C=O) groups excluding carboxylic acids is 2. The molecule has 28 heavy (non-hydrogen) atoms. The topological polar surface area (TPSA) is 52.7 Å². The van der Waals surface area contributed by atoms with E-state index in [0.717, 1.165) is 28.8 Å². The summed E-state index contributed by atoms with van der Waals surface area (Å²) in [7, 11) is 0. The second-order valence-corrected chi connectivity index (χ2v) is 8.69. The lowest BCUT2D eigenvalue weighted by Crippen LogP contribution is -2.52. The van der Waals surface area contributed by atoms with Gasteiger partial charge in [-0.2, -0.15) is 0 Å². The van der Waals surface area contributed by atoms with Gasteiger partial charge in [0.25, 0.3) is 0 Å². The van der Waals surface area contributed by atoms with Crippen LogP contribution in [-0.4, -0.2) is 66.1 Å². The molecule has 1 aliphatic heterocycles. The van der Waals surface area contributed by atoms with Crippen molar-refractivity contribution in [2.45, 2.75) is 24.8 Å². The summed E-state index contributed by atoms with van der Waals surface area (Å²) in [6, 6.07) is 12.0. The van der Waals surface area contributed by atoms with Crippen molar-refractivity contribution in [2.75, 3.05) is 38.5 Å². The molecule has 1 fully saturated rings. The molecular formula is C21H26ClN3O2S. The van der Waals surface area contributed by atoms with E-state index in [1.165, 1.54) is 11.8 Å². The summed E-state index contributed by atoms with van der Waals surface area (Å²) >= 11 is 7.90. The molecule has 2 aromatic carbocycles. The molecule has 0 saturated carbocycles. The Hall–Kier alpha value is -1.76. The van der Waals surface area contributed by atoms with Gasteiger partial charge in [-0.05, 0) is 31.4 Å². The predicted molar refractivity (Wildman–Crippen MR) is 116 cm³/mol. The molecule has 1 N–H and O–H groups in total. The van der Waals surface area contributed by atoms with Gasteiger partial charge in [-0.1, -0.05) is 35.9 Å². The second-order valence-electron chi connectivity index (χ2n) is 7.26. The molecule has 5 nitrogen and oxygen atoms in total. The zero-order valence-electron chi connectivity index (χ0n) is 16.3. The lowest BCUT2D eigenvalue weighted by molar-refractivity contribution is -0.130. The highest BCUT2D eigenvalue weighted by molar-refractivity contribution is 8.00. The van der Waals surface area contributed by atoms with Crippen LogP contribution in [0.1, 0.15) is 13.8 Å². The molecule has 0 unspecified atom stereocenters. The number of rotatable bonds is 6. The van der Waals surface area contributed by atoms with Gasteiger partial charge in [0.05, 0.1) is 12.3 Å². The van der Waals surface area contributed by atoms with Crippen LogP contribution in [0.2, 0.25) is 5.02 Å². The molecule has 3 rings (SSSR count). The van der Waals surface area contributed by atoms with Crippen LogP contribution < -0.4 is 5.32 Å². The van der Waals surface area contributed by atoms with Gasteiger partial charge in [0.2, 0.25) is 11.8 Å². The van der Waals surface area contributed by atoms with E-state index < -0.39 is 0 Å². The molecule has 1 aliphatic rings. The van der Waals surface area contributed by atoms with E-state index in [-0.39, 0.29) is 17.9 Å². The van der Waals surface area contributed by atoms with Crippen LogP contribution in [0, 0.1) is 0 Å². The summed E-state index contributed by atoms with van der Waals surface area (Å²) in [4.78, 5) is 29.5. The van der Waals surface area contributed by atoms with E-state index in [2.05, 4.69) is 10.2 Å². The lowest BCUT2D eigenvalue weighted by Gasteiger charge is -2.34. The first-order valence-electron chi connectivity index (χ1n) is 9.53. The van der Waals surface area contributed by atoms with E-state index in [0.29, 0.717) is 30.4 Å². The Morgan fingerprint density at radius 1 is 1.11 bits per heavy atom. The zero-order valence-corrected chi connectivity index (χ0v) is 17.9. The fourth-order valence-corrected chi connectivity index (χ4v) is 4.69. The lowest BCUT2D eigenvalue weighted by atomic mass is 10.1. The number of halogens is 1. The smallest absolute Gasteiger partial charge is 0.234 e. The monoisotopic (exact) mass is 419 g/mol. The van der Waals surface area contributed by atoms with Crippen molar-refractivity contribution in [1.82, 2.24) is 15.1 Å². The van der Waals surface area contributed by atoms with Crippen LogP contribution >= 0.6 is 23.4 Å². The molecule has 0 spiro atoms. The first-order valence-corrected chi connectivity index (χ1v) is 10.9. The maximum absolute atomic E-state index is 12.6. The molecule has 150 valence electrons. The number of piperazine rings is 1. The third-order valence-corrected chi connectivity index (χ3v) is 6.07. The maximum Gasteiger partial charge on any atom is 0.234 e. The van der Waals surface area contributed by atoms with Crippen molar-refractivity contribution in [2.24, 2.45) is 0 Å². The van der Waals surface area contributed by atoms with Crippen LogP contribution in [0.4, 0.5) is 0 Å². The molecule has 0 aliphatic carbocycles. The van der Waals surface area contributed by atoms with Crippen LogP contribution in [0.25, 0.3) is 10.8 Å². The van der Waals surface area contributed by atoms with Crippen molar-refractivity contribution in [3.8, 4) is 0 Å². The van der Waals surface area contributed by atoms with Gasteiger partial charge in [0.1, 0.15) is 0 Å². The zero-order chi connectivity index (χ0) is 20.1. The number of benzene rings is 2. The summed E-state index contributed by atoms with van der Waals surface area (Å²) in [5.41, 5.74) is 0. The predicted octanol–water partition coefficient (Wildman–Crippen LogP) is 3.25. The molecule has 2 aromatic rings. The molecule has 1 saturated heterocycles. The fourth-order valence-electron chi connectivity index (χ4n) is 3.34. The number of carbonyl (C=O) groups is 2. The number of thioether (sulfide) groups is 1.